The molecule has 4 heterocycles. The molecular formula is C42H43N8NaO2S. The van der Waals surface area contributed by atoms with Crippen molar-refractivity contribution >= 4 is 32.9 Å². The number of para-hydroxylation sites is 4. The summed E-state index contributed by atoms with van der Waals surface area (Å²) < 4.78 is 76.6. The Morgan fingerprint density at radius 2 is 1.02 bits per heavy atom. The summed E-state index contributed by atoms with van der Waals surface area (Å²) in [6.07, 6.45) is 0.390. The van der Waals surface area contributed by atoms with E-state index in [2.05, 4.69) is 42.7 Å². The van der Waals surface area contributed by atoms with Gasteiger partial charge in [-0.15, -0.1) is 5.60 Å². The zero-order valence-electron chi connectivity index (χ0n) is 39.5. The standard InChI is InChI=1S/2C18H14N4.C4H9O.C2H6OS.Na/c2*1-13-17(11-19-12-20-13)22-16-10-6-5-9-15(16)21-18(22)14-7-3-2-4-8-14;1-4(2,3)5;1-4(2)3;/h2*2-12H,1H3;1-3H3;1-2H3;/q;;-1;;+1/i1D3;;;1D3,2D3;. The third-order valence-corrected chi connectivity index (χ3v) is 7.25. The number of imidazole rings is 2. The predicted octanol–water partition coefficient (Wildman–Crippen LogP) is 4.73. The summed E-state index contributed by atoms with van der Waals surface area (Å²) in [6.45, 7) is 4.53. The molecule has 0 bridgehead atoms. The van der Waals surface area contributed by atoms with E-state index in [-0.39, 0.29) is 35.3 Å². The first-order valence-electron chi connectivity index (χ1n) is 20.8. The van der Waals surface area contributed by atoms with Crippen molar-refractivity contribution < 1.29 is 51.2 Å². The fraction of sp³-hybridized carbons (Fsp3) is 0.190. The third kappa shape index (κ3) is 11.1. The van der Waals surface area contributed by atoms with E-state index in [4.69, 9.17) is 22.3 Å². The van der Waals surface area contributed by atoms with Gasteiger partial charge in [0.1, 0.15) is 24.3 Å². The molecule has 0 radical (unpaired) electrons. The minimum absolute atomic E-state index is 0. The van der Waals surface area contributed by atoms with E-state index in [1.165, 1.54) is 12.5 Å². The van der Waals surface area contributed by atoms with Gasteiger partial charge in [-0.05, 0) is 38.0 Å². The van der Waals surface area contributed by atoms with Crippen molar-refractivity contribution in [2.45, 2.75) is 40.1 Å². The summed E-state index contributed by atoms with van der Waals surface area (Å²) in [5.41, 5.74) is 7.11. The molecule has 0 aliphatic rings. The van der Waals surface area contributed by atoms with Crippen LogP contribution in [0.4, 0.5) is 0 Å². The summed E-state index contributed by atoms with van der Waals surface area (Å²) in [4.78, 5) is 26.1. The summed E-state index contributed by atoms with van der Waals surface area (Å²) >= 11 is 0. The number of benzene rings is 4. The molecule has 0 aliphatic heterocycles. The van der Waals surface area contributed by atoms with E-state index in [1.54, 1.807) is 27.1 Å². The Morgan fingerprint density at radius 1 is 0.630 bits per heavy atom. The molecule has 0 saturated carbocycles. The van der Waals surface area contributed by atoms with Crippen molar-refractivity contribution in [3.05, 3.63) is 146 Å². The van der Waals surface area contributed by atoms with Gasteiger partial charge in [0.05, 0.1) is 57.2 Å². The first-order valence-corrected chi connectivity index (χ1v) is 17.5. The van der Waals surface area contributed by atoms with E-state index >= 15 is 0 Å². The number of rotatable bonds is 4. The number of aryl methyl sites for hydroxylation is 2. The van der Waals surface area contributed by atoms with Gasteiger partial charge >= 0.3 is 29.6 Å². The van der Waals surface area contributed by atoms with E-state index in [1.807, 2.05) is 109 Å². The van der Waals surface area contributed by atoms with Crippen LogP contribution in [-0.4, -0.2) is 61.2 Å². The molecule has 4 aromatic heterocycles. The van der Waals surface area contributed by atoms with Gasteiger partial charge in [-0.1, -0.05) is 106 Å². The summed E-state index contributed by atoms with van der Waals surface area (Å²) in [5.74, 6) is 1.56. The maximum atomic E-state index is 10.5. The van der Waals surface area contributed by atoms with Crippen LogP contribution in [0.5, 0.6) is 0 Å². The normalized spacial score (nSPS) is 13.9. The Morgan fingerprint density at radius 3 is 1.41 bits per heavy atom. The molecule has 0 N–H and O–H groups in total. The average molecular weight is 756 g/mol. The van der Waals surface area contributed by atoms with Gasteiger partial charge in [0, 0.05) is 46.6 Å². The molecular weight excluding hydrogens is 704 g/mol. The van der Waals surface area contributed by atoms with Crippen molar-refractivity contribution in [1.82, 2.24) is 39.0 Å². The monoisotopic (exact) mass is 755 g/mol. The first kappa shape index (κ1) is 30.4. The Balaban J connectivity index is 0.000000209. The maximum Gasteiger partial charge on any atom is 1.00 e. The summed E-state index contributed by atoms with van der Waals surface area (Å²) in [7, 11) is -2.75. The van der Waals surface area contributed by atoms with Crippen LogP contribution >= 0.6 is 0 Å². The fourth-order valence-corrected chi connectivity index (χ4v) is 5.19. The van der Waals surface area contributed by atoms with Crippen LogP contribution in [0.1, 0.15) is 44.5 Å². The number of aromatic nitrogens is 8. The largest absolute Gasteiger partial charge is 1.00 e. The van der Waals surface area contributed by atoms with Gasteiger partial charge in [-0.2, -0.15) is 0 Å². The Hall–Kier alpha value is -4.91. The number of fused-ring (bicyclic) bond motifs is 2. The van der Waals surface area contributed by atoms with E-state index in [0.29, 0.717) is 11.5 Å². The van der Waals surface area contributed by atoms with Crippen molar-refractivity contribution in [1.29, 1.82) is 0 Å². The molecule has 8 aromatic rings. The van der Waals surface area contributed by atoms with Crippen LogP contribution in [0.15, 0.2) is 134 Å². The second-order valence-corrected chi connectivity index (χ2v) is 12.9. The van der Waals surface area contributed by atoms with Gasteiger partial charge in [-0.3, -0.25) is 13.3 Å². The fourth-order valence-electron chi connectivity index (χ4n) is 5.19. The predicted molar refractivity (Wildman–Crippen MR) is 213 cm³/mol. The first-order chi connectivity index (χ1) is 29.1. The minimum atomic E-state index is -2.90. The van der Waals surface area contributed by atoms with Gasteiger partial charge in [0.25, 0.3) is 0 Å². The molecule has 0 saturated heterocycles. The SMILES string of the molecule is CC(C)(C)[O-].Cc1ncncc1-n1c(-c2ccccc2)nc2ccccc21.[2H]C([2H])([2H])S(=O)C([2H])([2H])[2H].[2H]C([2H])([2H])c1ncncc1-n1c(-c2ccccc2)nc2ccccc21.[Na+]. The van der Waals surface area contributed by atoms with Gasteiger partial charge in [-0.25, -0.2) is 29.9 Å². The Bertz CT molecular complexity index is 2740. The smallest absolute Gasteiger partial charge is 0.850 e. The van der Waals surface area contributed by atoms with E-state index in [0.717, 1.165) is 50.4 Å². The molecule has 12 heteroatoms. The second-order valence-electron chi connectivity index (χ2n) is 12.4. The molecule has 8 rings (SSSR count). The van der Waals surface area contributed by atoms with Crippen LogP contribution in [0, 0.1) is 13.8 Å². The van der Waals surface area contributed by atoms with Crippen molar-refractivity contribution in [2.75, 3.05) is 12.4 Å². The number of hydrogen-bond donors (Lipinski definition) is 0. The van der Waals surface area contributed by atoms with Crippen molar-refractivity contribution in [3.63, 3.8) is 0 Å². The van der Waals surface area contributed by atoms with Crippen LogP contribution in [0.2, 0.25) is 0 Å². The van der Waals surface area contributed by atoms with Gasteiger partial charge in [0.15, 0.2) is 0 Å². The van der Waals surface area contributed by atoms with Gasteiger partial charge < -0.3 is 5.11 Å². The molecule has 0 spiro atoms. The molecule has 54 heavy (non-hydrogen) atoms. The molecule has 10 nitrogen and oxygen atoms in total. The zero-order chi connectivity index (χ0) is 45.5. The van der Waals surface area contributed by atoms with Crippen molar-refractivity contribution in [2.24, 2.45) is 0 Å². The van der Waals surface area contributed by atoms with Crippen LogP contribution < -0.4 is 34.7 Å². The number of hydrogen-bond acceptors (Lipinski definition) is 8. The summed E-state index contributed by atoms with van der Waals surface area (Å²) in [5, 5.41) is 10.1. The molecule has 0 fully saturated rings. The molecule has 0 aliphatic carbocycles. The van der Waals surface area contributed by atoms with Crippen LogP contribution in [-0.2, 0) is 10.8 Å². The Kier molecular flexibility index (Phi) is 10.9. The average Bonchev–Trinajstić information content (AvgIpc) is 3.80. The second kappa shape index (κ2) is 19.4. The summed E-state index contributed by atoms with van der Waals surface area (Å²) in [6, 6.07) is 35.6. The van der Waals surface area contributed by atoms with E-state index in [9.17, 15) is 9.32 Å². The van der Waals surface area contributed by atoms with Crippen LogP contribution in [0.3, 0.4) is 0 Å². The topological polar surface area (TPSA) is 127 Å². The maximum absolute atomic E-state index is 10.5. The van der Waals surface area contributed by atoms with Gasteiger partial charge in [0.2, 0.25) is 0 Å². The molecule has 270 valence electrons. The van der Waals surface area contributed by atoms with Crippen molar-refractivity contribution in [3.8, 4) is 34.2 Å². The molecule has 4 aromatic carbocycles. The van der Waals surface area contributed by atoms with E-state index < -0.39 is 35.6 Å². The number of nitrogens with zero attached hydrogens (tertiary/aromatic N) is 8. The molecule has 0 atom stereocenters. The molecule has 0 amide bonds. The molecule has 0 unspecified atom stereocenters. The minimum Gasteiger partial charge on any atom is -0.850 e. The van der Waals surface area contributed by atoms with Crippen LogP contribution in [0.25, 0.3) is 56.2 Å². The zero-order valence-corrected chi connectivity index (χ0v) is 33.3. The quantitative estimate of drug-likeness (QED) is 0.236. The Labute approximate surface area is 353 Å². The third-order valence-electron chi connectivity index (χ3n) is 7.25.